The molecule has 1 aromatic heterocycles. The summed E-state index contributed by atoms with van der Waals surface area (Å²) >= 11 is 0. The first-order valence-electron chi connectivity index (χ1n) is 8.28. The molecule has 0 saturated heterocycles. The lowest BCUT2D eigenvalue weighted by atomic mass is 10.2. The van der Waals surface area contributed by atoms with Crippen LogP contribution in [0.4, 0.5) is 5.69 Å². The molecule has 140 valence electrons. The second-order valence-corrected chi connectivity index (χ2v) is 7.91. The maximum absolute atomic E-state index is 12.5. The van der Waals surface area contributed by atoms with Crippen molar-refractivity contribution in [1.82, 2.24) is 14.3 Å². The predicted molar refractivity (Wildman–Crippen MR) is 104 cm³/mol. The van der Waals surface area contributed by atoms with Crippen LogP contribution in [0.25, 0.3) is 5.69 Å². The number of aryl methyl sites for hydroxylation is 1. The van der Waals surface area contributed by atoms with Gasteiger partial charge in [-0.25, -0.2) is 18.1 Å². The van der Waals surface area contributed by atoms with Crippen LogP contribution in [0.1, 0.15) is 21.7 Å². The first kappa shape index (κ1) is 18.8. The smallest absolute Gasteiger partial charge is 0.255 e. The van der Waals surface area contributed by atoms with E-state index in [1.54, 1.807) is 24.5 Å². The van der Waals surface area contributed by atoms with Crippen LogP contribution >= 0.6 is 0 Å². The summed E-state index contributed by atoms with van der Waals surface area (Å²) in [5.74, 6) is -0.384. The zero-order chi connectivity index (χ0) is 19.6. The Hall–Kier alpha value is -2.97. The summed E-state index contributed by atoms with van der Waals surface area (Å²) in [5, 5.41) is 2.77. The Labute approximate surface area is 158 Å². The van der Waals surface area contributed by atoms with Gasteiger partial charge in [0, 0.05) is 22.6 Å². The van der Waals surface area contributed by atoms with Crippen molar-refractivity contribution in [1.29, 1.82) is 0 Å². The van der Waals surface area contributed by atoms with Crippen molar-refractivity contribution < 1.29 is 13.2 Å². The minimum Gasteiger partial charge on any atom is -0.322 e. The second kappa shape index (κ2) is 7.34. The minimum absolute atomic E-state index is 0.0407. The van der Waals surface area contributed by atoms with E-state index in [4.69, 9.17) is 0 Å². The van der Waals surface area contributed by atoms with Crippen molar-refractivity contribution in [3.8, 4) is 5.69 Å². The van der Waals surface area contributed by atoms with Gasteiger partial charge in [-0.05, 0) is 63.4 Å². The lowest BCUT2D eigenvalue weighted by molar-refractivity contribution is 0.102. The topological polar surface area (TPSA) is 93.1 Å². The van der Waals surface area contributed by atoms with Crippen LogP contribution in [0.3, 0.4) is 0 Å². The molecule has 0 radical (unpaired) electrons. The summed E-state index contributed by atoms with van der Waals surface area (Å²) in [5.41, 5.74) is 3.82. The lowest BCUT2D eigenvalue weighted by Crippen LogP contribution is -2.19. The Morgan fingerprint density at radius 1 is 1.07 bits per heavy atom. The van der Waals surface area contributed by atoms with Crippen LogP contribution in [0.2, 0.25) is 0 Å². The molecule has 7 nitrogen and oxygen atoms in total. The molecule has 27 heavy (non-hydrogen) atoms. The van der Waals surface area contributed by atoms with E-state index >= 15 is 0 Å². The molecule has 2 N–H and O–H groups in total. The van der Waals surface area contributed by atoms with Crippen molar-refractivity contribution in [3.63, 3.8) is 0 Å². The number of anilines is 1. The highest BCUT2D eigenvalue weighted by Gasteiger charge is 2.14. The van der Waals surface area contributed by atoms with Gasteiger partial charge in [-0.1, -0.05) is 6.07 Å². The monoisotopic (exact) mass is 384 g/mol. The predicted octanol–water partition coefficient (Wildman–Crippen LogP) is 2.65. The zero-order valence-electron chi connectivity index (χ0n) is 15.2. The van der Waals surface area contributed by atoms with Gasteiger partial charge in [-0.2, -0.15) is 0 Å². The number of hydrogen-bond donors (Lipinski definition) is 2. The van der Waals surface area contributed by atoms with Crippen molar-refractivity contribution >= 4 is 21.6 Å². The fourth-order valence-corrected chi connectivity index (χ4v) is 3.37. The van der Waals surface area contributed by atoms with Gasteiger partial charge >= 0.3 is 0 Å². The molecule has 2 aromatic carbocycles. The second-order valence-electron chi connectivity index (χ2n) is 6.02. The molecule has 0 atom stereocenters. The Morgan fingerprint density at radius 3 is 2.37 bits per heavy atom. The van der Waals surface area contributed by atoms with Gasteiger partial charge in [0.2, 0.25) is 10.0 Å². The fraction of sp³-hybridized carbons (Fsp3) is 0.158. The number of carbonyl (C=O) groups is 1. The van der Waals surface area contributed by atoms with E-state index in [-0.39, 0.29) is 16.4 Å². The quantitative estimate of drug-likeness (QED) is 0.707. The Balaban J connectivity index is 1.79. The molecule has 0 aliphatic heterocycles. The molecule has 0 aliphatic carbocycles. The van der Waals surface area contributed by atoms with Crippen LogP contribution in [-0.2, 0) is 10.0 Å². The summed E-state index contributed by atoms with van der Waals surface area (Å²) in [6.07, 6.45) is 1.76. The first-order valence-corrected chi connectivity index (χ1v) is 9.76. The average molecular weight is 384 g/mol. The highest BCUT2D eigenvalue weighted by atomic mass is 32.2. The summed E-state index contributed by atoms with van der Waals surface area (Å²) < 4.78 is 28.0. The van der Waals surface area contributed by atoms with Gasteiger partial charge < -0.3 is 9.88 Å². The number of hydrogen-bond acceptors (Lipinski definition) is 4. The zero-order valence-corrected chi connectivity index (χ0v) is 16.0. The van der Waals surface area contributed by atoms with E-state index in [2.05, 4.69) is 15.0 Å². The van der Waals surface area contributed by atoms with Crippen LogP contribution in [0.15, 0.2) is 59.8 Å². The van der Waals surface area contributed by atoms with E-state index in [1.165, 1.54) is 25.2 Å². The third-order valence-corrected chi connectivity index (χ3v) is 5.74. The van der Waals surface area contributed by atoms with Crippen molar-refractivity contribution in [2.24, 2.45) is 0 Å². The third kappa shape index (κ3) is 3.91. The van der Waals surface area contributed by atoms with E-state index in [0.717, 1.165) is 17.1 Å². The number of nitrogens with zero attached hydrogens (tertiary/aromatic N) is 2. The molecular formula is C19H20N4O3S. The summed E-state index contributed by atoms with van der Waals surface area (Å²) in [4.78, 5) is 16.8. The van der Waals surface area contributed by atoms with Crippen LogP contribution in [0.5, 0.6) is 0 Å². The Kier molecular flexibility index (Phi) is 5.11. The van der Waals surface area contributed by atoms with E-state index in [0.29, 0.717) is 5.69 Å². The molecule has 0 saturated carbocycles. The van der Waals surface area contributed by atoms with Crippen molar-refractivity contribution in [2.45, 2.75) is 18.7 Å². The summed E-state index contributed by atoms with van der Waals surface area (Å²) in [6.45, 7) is 3.94. The summed E-state index contributed by atoms with van der Waals surface area (Å²) in [7, 11) is -2.28. The molecule has 0 aliphatic rings. The van der Waals surface area contributed by atoms with Gasteiger partial charge in [0.05, 0.1) is 16.9 Å². The molecule has 0 spiro atoms. The van der Waals surface area contributed by atoms with E-state index in [1.807, 2.05) is 30.5 Å². The summed E-state index contributed by atoms with van der Waals surface area (Å²) in [6, 6.07) is 13.2. The van der Waals surface area contributed by atoms with Gasteiger partial charge in [-0.3, -0.25) is 4.79 Å². The third-order valence-electron chi connectivity index (χ3n) is 4.33. The number of amides is 1. The van der Waals surface area contributed by atoms with Crippen molar-refractivity contribution in [2.75, 3.05) is 12.4 Å². The van der Waals surface area contributed by atoms with E-state index < -0.39 is 10.0 Å². The number of nitrogens with one attached hydrogen (secondary N) is 2. The molecule has 3 aromatic rings. The van der Waals surface area contributed by atoms with Crippen LogP contribution < -0.4 is 10.0 Å². The fourth-order valence-electron chi connectivity index (χ4n) is 2.59. The SMILES string of the molecule is CNS(=O)(=O)c1cccc(C(=O)Nc2ccc(-n3cnc(C)c3C)cc2)c1. The number of imidazole rings is 1. The minimum atomic E-state index is -3.60. The van der Waals surface area contributed by atoms with Crippen LogP contribution in [-0.4, -0.2) is 30.9 Å². The molecular weight excluding hydrogens is 364 g/mol. The van der Waals surface area contributed by atoms with Crippen molar-refractivity contribution in [3.05, 3.63) is 71.8 Å². The first-order chi connectivity index (χ1) is 12.8. The number of carbonyl (C=O) groups excluding carboxylic acids is 1. The number of benzene rings is 2. The molecule has 0 fully saturated rings. The van der Waals surface area contributed by atoms with Gasteiger partial charge in [0.1, 0.15) is 0 Å². The Morgan fingerprint density at radius 2 is 1.78 bits per heavy atom. The molecule has 1 heterocycles. The highest BCUT2D eigenvalue weighted by Crippen LogP contribution is 2.18. The molecule has 3 rings (SSSR count). The standard InChI is InChI=1S/C19H20N4O3S/c1-13-14(2)23(12-21-13)17-9-7-16(8-10-17)22-19(24)15-5-4-6-18(11-15)27(25,26)20-3/h4-12,20H,1-3H3,(H,22,24). The lowest BCUT2D eigenvalue weighted by Gasteiger charge is -2.09. The maximum Gasteiger partial charge on any atom is 0.255 e. The van der Waals surface area contributed by atoms with E-state index in [9.17, 15) is 13.2 Å². The van der Waals surface area contributed by atoms with Gasteiger partial charge in [0.25, 0.3) is 5.91 Å². The maximum atomic E-state index is 12.5. The average Bonchev–Trinajstić information content (AvgIpc) is 3.01. The van der Waals surface area contributed by atoms with Crippen LogP contribution in [0, 0.1) is 13.8 Å². The van der Waals surface area contributed by atoms with Gasteiger partial charge in [0.15, 0.2) is 0 Å². The normalized spacial score (nSPS) is 11.4. The Bertz CT molecular complexity index is 1090. The number of sulfonamides is 1. The largest absolute Gasteiger partial charge is 0.322 e. The highest BCUT2D eigenvalue weighted by molar-refractivity contribution is 7.89. The molecule has 0 bridgehead atoms. The number of rotatable bonds is 5. The molecule has 1 amide bonds. The molecule has 0 unspecified atom stereocenters. The molecule has 8 heteroatoms. The van der Waals surface area contributed by atoms with Gasteiger partial charge in [-0.15, -0.1) is 0 Å². The number of aromatic nitrogens is 2.